The van der Waals surface area contributed by atoms with Gasteiger partial charge in [0.15, 0.2) is 0 Å². The van der Waals surface area contributed by atoms with Crippen LogP contribution in [0.2, 0.25) is 0 Å². The summed E-state index contributed by atoms with van der Waals surface area (Å²) >= 11 is 0. The van der Waals surface area contributed by atoms with Crippen molar-refractivity contribution >= 4 is 17.3 Å². The molecule has 3 aromatic rings. The zero-order valence-corrected chi connectivity index (χ0v) is 16.4. The van der Waals surface area contributed by atoms with Crippen molar-refractivity contribution in [3.63, 3.8) is 0 Å². The van der Waals surface area contributed by atoms with Crippen molar-refractivity contribution in [3.05, 3.63) is 83.4 Å². The van der Waals surface area contributed by atoms with E-state index in [9.17, 15) is 13.6 Å². The van der Waals surface area contributed by atoms with Crippen LogP contribution in [0.25, 0.3) is 0 Å². The second-order valence-electron chi connectivity index (χ2n) is 6.82. The normalized spacial score (nSPS) is 11.6. The molecule has 3 rings (SSSR count). The van der Waals surface area contributed by atoms with E-state index in [1.807, 2.05) is 32.0 Å². The lowest BCUT2D eigenvalue weighted by molar-refractivity contribution is -0.114. The van der Waals surface area contributed by atoms with Gasteiger partial charge in [-0.15, -0.1) is 0 Å². The van der Waals surface area contributed by atoms with E-state index >= 15 is 0 Å². The number of carbonyl (C=O) groups excluding carboxylic acids is 1. The summed E-state index contributed by atoms with van der Waals surface area (Å²) in [7, 11) is 0. The van der Waals surface area contributed by atoms with Crippen LogP contribution in [0.4, 0.5) is 20.2 Å². The number of halogens is 2. The molecule has 0 saturated heterocycles. The predicted molar refractivity (Wildman–Crippen MR) is 110 cm³/mol. The molecule has 0 aliphatic carbocycles. The fraction of sp³-hybridized carbons (Fsp3) is 0.174. The van der Waals surface area contributed by atoms with E-state index in [-0.39, 0.29) is 11.9 Å². The van der Waals surface area contributed by atoms with Gasteiger partial charge in [-0.2, -0.15) is 0 Å². The van der Waals surface area contributed by atoms with Crippen molar-refractivity contribution in [3.8, 4) is 11.5 Å². The molecule has 1 amide bonds. The quantitative estimate of drug-likeness (QED) is 0.522. The number of benzene rings is 3. The van der Waals surface area contributed by atoms with Crippen molar-refractivity contribution in [1.82, 2.24) is 0 Å². The molecule has 0 aromatic heterocycles. The Morgan fingerprint density at radius 3 is 2.48 bits per heavy atom. The van der Waals surface area contributed by atoms with E-state index < -0.39 is 11.6 Å². The van der Waals surface area contributed by atoms with Crippen molar-refractivity contribution in [1.29, 1.82) is 0 Å². The number of aryl methyl sites for hydroxylation is 1. The van der Waals surface area contributed by atoms with Crippen LogP contribution in [0.15, 0.2) is 60.7 Å². The fourth-order valence-electron chi connectivity index (χ4n) is 2.97. The molecule has 150 valence electrons. The summed E-state index contributed by atoms with van der Waals surface area (Å²) in [5, 5.41) is 6.08. The van der Waals surface area contributed by atoms with Crippen LogP contribution < -0.4 is 15.4 Å². The Morgan fingerprint density at radius 2 is 1.76 bits per heavy atom. The summed E-state index contributed by atoms with van der Waals surface area (Å²) in [4.78, 5) is 11.4. The minimum Gasteiger partial charge on any atom is -0.457 e. The highest BCUT2D eigenvalue weighted by Crippen LogP contribution is 2.33. The maximum absolute atomic E-state index is 13.9. The van der Waals surface area contributed by atoms with Gasteiger partial charge in [0.05, 0.1) is 6.04 Å². The summed E-state index contributed by atoms with van der Waals surface area (Å²) in [6.07, 6.45) is 0. The number of carbonyl (C=O) groups is 1. The molecule has 1 unspecified atom stereocenters. The third kappa shape index (κ3) is 5.31. The monoisotopic (exact) mass is 396 g/mol. The highest BCUT2D eigenvalue weighted by molar-refractivity contribution is 5.90. The van der Waals surface area contributed by atoms with Gasteiger partial charge in [-0.3, -0.25) is 4.79 Å². The number of rotatable bonds is 6. The van der Waals surface area contributed by atoms with Crippen molar-refractivity contribution in [2.75, 3.05) is 10.6 Å². The molecule has 4 nitrogen and oxygen atoms in total. The van der Waals surface area contributed by atoms with Crippen LogP contribution in [0.1, 0.15) is 31.0 Å². The van der Waals surface area contributed by atoms with Crippen LogP contribution >= 0.6 is 0 Å². The molecule has 0 bridgehead atoms. The Labute approximate surface area is 168 Å². The molecule has 0 aliphatic rings. The molecule has 3 aromatic carbocycles. The molecule has 29 heavy (non-hydrogen) atoms. The Bertz CT molecular complexity index is 1040. The zero-order valence-electron chi connectivity index (χ0n) is 16.4. The molecule has 0 aliphatic heterocycles. The smallest absolute Gasteiger partial charge is 0.221 e. The number of ether oxygens (including phenoxy) is 1. The molecule has 0 saturated carbocycles. The van der Waals surface area contributed by atoms with Gasteiger partial charge < -0.3 is 15.4 Å². The zero-order chi connectivity index (χ0) is 21.0. The standard InChI is InChI=1S/C23H22F2N2O2/c1-14-7-9-19(13-22(14)27-16(3)28)26-15(2)21-12-18(25)8-10-23(21)29-20-6-4-5-17(24)11-20/h4-13,15,26H,1-3H3,(H,27,28). The first kappa shape index (κ1) is 20.3. The van der Waals surface area contributed by atoms with Gasteiger partial charge in [-0.25, -0.2) is 8.78 Å². The minimum atomic E-state index is -0.414. The van der Waals surface area contributed by atoms with E-state index in [2.05, 4.69) is 10.6 Å². The van der Waals surface area contributed by atoms with E-state index in [1.165, 1.54) is 37.3 Å². The van der Waals surface area contributed by atoms with Gasteiger partial charge in [-0.1, -0.05) is 12.1 Å². The topological polar surface area (TPSA) is 50.4 Å². The molecule has 0 radical (unpaired) electrons. The molecule has 1 atom stereocenters. The maximum atomic E-state index is 13.9. The Kier molecular flexibility index (Phi) is 6.12. The third-order valence-electron chi connectivity index (χ3n) is 4.39. The van der Waals surface area contributed by atoms with Crippen LogP contribution in [-0.2, 0) is 4.79 Å². The first-order chi connectivity index (χ1) is 13.8. The first-order valence-corrected chi connectivity index (χ1v) is 9.19. The molecule has 0 heterocycles. The Balaban J connectivity index is 1.86. The van der Waals surface area contributed by atoms with Crippen LogP contribution in [0, 0.1) is 18.6 Å². The SMILES string of the molecule is CC(=O)Nc1cc(NC(C)c2cc(F)ccc2Oc2cccc(F)c2)ccc1C. The number of amides is 1. The molecule has 6 heteroatoms. The lowest BCUT2D eigenvalue weighted by atomic mass is 10.1. The summed E-state index contributed by atoms with van der Waals surface area (Å²) < 4.78 is 33.2. The summed E-state index contributed by atoms with van der Waals surface area (Å²) in [6, 6.07) is 15.2. The lowest BCUT2D eigenvalue weighted by Gasteiger charge is -2.20. The number of hydrogen-bond donors (Lipinski definition) is 2. The molecule has 0 fully saturated rings. The highest BCUT2D eigenvalue weighted by Gasteiger charge is 2.15. The first-order valence-electron chi connectivity index (χ1n) is 9.19. The summed E-state index contributed by atoms with van der Waals surface area (Å²) in [5.74, 6) is -0.223. The second kappa shape index (κ2) is 8.73. The van der Waals surface area contributed by atoms with E-state index in [0.717, 1.165) is 11.3 Å². The van der Waals surface area contributed by atoms with Crippen molar-refractivity contribution in [2.24, 2.45) is 0 Å². The van der Waals surface area contributed by atoms with E-state index in [0.29, 0.717) is 22.7 Å². The number of nitrogens with one attached hydrogen (secondary N) is 2. The van der Waals surface area contributed by atoms with E-state index in [1.54, 1.807) is 12.1 Å². The predicted octanol–water partition coefficient (Wildman–Crippen LogP) is 6.20. The van der Waals surface area contributed by atoms with Crippen molar-refractivity contribution < 1.29 is 18.3 Å². The summed E-state index contributed by atoms with van der Waals surface area (Å²) in [6.45, 7) is 5.21. The molecular weight excluding hydrogens is 374 g/mol. The maximum Gasteiger partial charge on any atom is 0.221 e. The van der Waals surface area contributed by atoms with Crippen LogP contribution in [0.3, 0.4) is 0 Å². The Hall–Kier alpha value is -3.41. The fourth-order valence-corrected chi connectivity index (χ4v) is 2.97. The number of hydrogen-bond acceptors (Lipinski definition) is 3. The summed E-state index contributed by atoms with van der Waals surface area (Å²) in [5.41, 5.74) is 2.97. The lowest BCUT2D eigenvalue weighted by Crippen LogP contribution is -2.10. The molecule has 2 N–H and O–H groups in total. The highest BCUT2D eigenvalue weighted by atomic mass is 19.1. The minimum absolute atomic E-state index is 0.158. The average molecular weight is 396 g/mol. The van der Waals surface area contributed by atoms with Gasteiger partial charge in [0.1, 0.15) is 23.1 Å². The average Bonchev–Trinajstić information content (AvgIpc) is 2.65. The van der Waals surface area contributed by atoms with Crippen LogP contribution in [-0.4, -0.2) is 5.91 Å². The third-order valence-corrected chi connectivity index (χ3v) is 4.39. The molecular formula is C23H22F2N2O2. The van der Waals surface area contributed by atoms with Gasteiger partial charge in [-0.05, 0) is 61.9 Å². The second-order valence-corrected chi connectivity index (χ2v) is 6.82. The largest absolute Gasteiger partial charge is 0.457 e. The van der Waals surface area contributed by atoms with Crippen molar-refractivity contribution in [2.45, 2.75) is 26.8 Å². The van der Waals surface area contributed by atoms with Gasteiger partial charge in [0.2, 0.25) is 5.91 Å². The van der Waals surface area contributed by atoms with Gasteiger partial charge in [0, 0.05) is 29.9 Å². The Morgan fingerprint density at radius 1 is 1.00 bits per heavy atom. The van der Waals surface area contributed by atoms with Gasteiger partial charge in [0.25, 0.3) is 0 Å². The van der Waals surface area contributed by atoms with Crippen LogP contribution in [0.5, 0.6) is 11.5 Å². The molecule has 0 spiro atoms. The number of anilines is 2. The van der Waals surface area contributed by atoms with E-state index in [4.69, 9.17) is 4.74 Å². The van der Waals surface area contributed by atoms with Gasteiger partial charge >= 0.3 is 0 Å².